The van der Waals surface area contributed by atoms with Crippen molar-refractivity contribution in [3.05, 3.63) is 60.3 Å². The summed E-state index contributed by atoms with van der Waals surface area (Å²) in [6.45, 7) is 8.13. The standard InChI is InChI=1S/C19H21NO4/c1-4-12-20-13-11-15(14-9-7-8-10-16(14)20)17(18(21)23-5-2)19(22)24-6-3/h4,7-11,13H,1,5-6,12H2,2-3H3. The number of benzene rings is 1. The van der Waals surface area contributed by atoms with Crippen LogP contribution >= 0.6 is 0 Å². The maximum atomic E-state index is 12.3. The fraction of sp³-hybridized carbons (Fsp3) is 0.263. The van der Waals surface area contributed by atoms with E-state index in [0.29, 0.717) is 12.1 Å². The van der Waals surface area contributed by atoms with Crippen molar-refractivity contribution in [3.63, 3.8) is 0 Å². The van der Waals surface area contributed by atoms with Gasteiger partial charge >= 0.3 is 11.9 Å². The number of allylic oxidation sites excluding steroid dienone is 2. The fourth-order valence-corrected chi connectivity index (χ4v) is 2.51. The maximum Gasteiger partial charge on any atom is 0.346 e. The van der Waals surface area contributed by atoms with Crippen LogP contribution in [-0.4, -0.2) is 31.7 Å². The highest BCUT2D eigenvalue weighted by Gasteiger charge is 2.28. The molecular weight excluding hydrogens is 306 g/mol. The van der Waals surface area contributed by atoms with Crippen molar-refractivity contribution in [2.45, 2.75) is 13.8 Å². The van der Waals surface area contributed by atoms with Crippen LogP contribution in [0.1, 0.15) is 19.4 Å². The number of ether oxygens (including phenoxy) is 2. The Balaban J connectivity index is 2.61. The Morgan fingerprint density at radius 1 is 1.12 bits per heavy atom. The lowest BCUT2D eigenvalue weighted by Gasteiger charge is -2.27. The second kappa shape index (κ2) is 8.15. The molecule has 24 heavy (non-hydrogen) atoms. The zero-order valence-electron chi connectivity index (χ0n) is 14.0. The predicted molar refractivity (Wildman–Crippen MR) is 93.3 cm³/mol. The number of rotatable bonds is 6. The Hall–Kier alpha value is -2.82. The molecule has 1 heterocycles. The van der Waals surface area contributed by atoms with Crippen LogP contribution in [0.15, 0.2) is 54.8 Å². The van der Waals surface area contributed by atoms with E-state index in [1.807, 2.05) is 35.4 Å². The molecule has 0 saturated carbocycles. The van der Waals surface area contributed by atoms with Gasteiger partial charge in [-0.1, -0.05) is 24.3 Å². The third kappa shape index (κ3) is 3.56. The summed E-state index contributed by atoms with van der Waals surface area (Å²) in [6.07, 6.45) is 5.33. The minimum Gasteiger partial charge on any atom is -0.462 e. The number of para-hydroxylation sites is 1. The number of carbonyl (C=O) groups excluding carboxylic acids is 2. The molecule has 5 heteroatoms. The first kappa shape index (κ1) is 17.5. The Labute approximate surface area is 141 Å². The minimum atomic E-state index is -0.678. The van der Waals surface area contributed by atoms with Crippen LogP contribution in [0.25, 0.3) is 5.57 Å². The molecule has 0 amide bonds. The molecule has 0 unspecified atom stereocenters. The molecule has 0 aromatic heterocycles. The Morgan fingerprint density at radius 2 is 1.75 bits per heavy atom. The van der Waals surface area contributed by atoms with Crippen LogP contribution in [0, 0.1) is 0 Å². The minimum absolute atomic E-state index is 0.0827. The summed E-state index contributed by atoms with van der Waals surface area (Å²) in [5, 5.41) is 0. The number of hydrogen-bond acceptors (Lipinski definition) is 5. The summed E-state index contributed by atoms with van der Waals surface area (Å²) >= 11 is 0. The van der Waals surface area contributed by atoms with Crippen LogP contribution < -0.4 is 4.90 Å². The van der Waals surface area contributed by atoms with E-state index in [9.17, 15) is 9.59 Å². The fourth-order valence-electron chi connectivity index (χ4n) is 2.51. The third-order valence-electron chi connectivity index (χ3n) is 3.48. The molecule has 126 valence electrons. The van der Waals surface area contributed by atoms with Crippen molar-refractivity contribution in [2.24, 2.45) is 0 Å². The molecule has 0 radical (unpaired) electrons. The van der Waals surface area contributed by atoms with Gasteiger partial charge in [-0.2, -0.15) is 0 Å². The van der Waals surface area contributed by atoms with Gasteiger partial charge in [-0.05, 0) is 26.0 Å². The van der Waals surface area contributed by atoms with Crippen molar-refractivity contribution in [1.82, 2.24) is 0 Å². The molecule has 0 fully saturated rings. The Morgan fingerprint density at radius 3 is 2.33 bits per heavy atom. The van der Waals surface area contributed by atoms with E-state index in [1.54, 1.807) is 26.0 Å². The van der Waals surface area contributed by atoms with Crippen LogP contribution in [0.4, 0.5) is 5.69 Å². The highest BCUT2D eigenvalue weighted by molar-refractivity contribution is 6.22. The molecule has 5 nitrogen and oxygen atoms in total. The summed E-state index contributed by atoms with van der Waals surface area (Å²) in [5.41, 5.74) is 2.09. The summed E-state index contributed by atoms with van der Waals surface area (Å²) in [6, 6.07) is 7.55. The Kier molecular flexibility index (Phi) is 5.95. The van der Waals surface area contributed by atoms with Gasteiger partial charge in [0.25, 0.3) is 0 Å². The molecule has 2 rings (SSSR count). The lowest BCUT2D eigenvalue weighted by atomic mass is 9.95. The molecule has 0 N–H and O–H groups in total. The van der Waals surface area contributed by atoms with Crippen LogP contribution in [0.3, 0.4) is 0 Å². The zero-order chi connectivity index (χ0) is 17.5. The lowest BCUT2D eigenvalue weighted by Crippen LogP contribution is -2.24. The van der Waals surface area contributed by atoms with E-state index in [0.717, 1.165) is 11.3 Å². The molecule has 0 aliphatic carbocycles. The van der Waals surface area contributed by atoms with Crippen LogP contribution in [0.2, 0.25) is 0 Å². The van der Waals surface area contributed by atoms with Crippen molar-refractivity contribution in [3.8, 4) is 0 Å². The highest BCUT2D eigenvalue weighted by atomic mass is 16.6. The third-order valence-corrected chi connectivity index (χ3v) is 3.48. The first-order valence-electron chi connectivity index (χ1n) is 7.87. The smallest absolute Gasteiger partial charge is 0.346 e. The zero-order valence-corrected chi connectivity index (χ0v) is 14.0. The predicted octanol–water partition coefficient (Wildman–Crippen LogP) is 3.09. The summed E-state index contributed by atoms with van der Waals surface area (Å²) in [7, 11) is 0. The summed E-state index contributed by atoms with van der Waals surface area (Å²) < 4.78 is 10.1. The van der Waals surface area contributed by atoms with E-state index < -0.39 is 11.9 Å². The van der Waals surface area contributed by atoms with Crippen molar-refractivity contribution < 1.29 is 19.1 Å². The lowest BCUT2D eigenvalue weighted by molar-refractivity contribution is -0.146. The van der Waals surface area contributed by atoms with E-state index in [2.05, 4.69) is 6.58 Å². The molecule has 0 spiro atoms. The molecule has 0 saturated heterocycles. The van der Waals surface area contributed by atoms with Gasteiger partial charge in [0, 0.05) is 29.6 Å². The topological polar surface area (TPSA) is 55.8 Å². The van der Waals surface area contributed by atoms with E-state index in [4.69, 9.17) is 9.47 Å². The van der Waals surface area contributed by atoms with Gasteiger partial charge in [-0.3, -0.25) is 0 Å². The maximum absolute atomic E-state index is 12.3. The van der Waals surface area contributed by atoms with Crippen molar-refractivity contribution in [1.29, 1.82) is 0 Å². The van der Waals surface area contributed by atoms with Gasteiger partial charge < -0.3 is 14.4 Å². The summed E-state index contributed by atoms with van der Waals surface area (Å²) in [5.74, 6) is -1.36. The van der Waals surface area contributed by atoms with Crippen molar-refractivity contribution in [2.75, 3.05) is 24.7 Å². The number of esters is 2. The second-order valence-corrected chi connectivity index (χ2v) is 5.00. The van der Waals surface area contributed by atoms with Gasteiger partial charge in [-0.15, -0.1) is 6.58 Å². The van der Waals surface area contributed by atoms with E-state index >= 15 is 0 Å². The van der Waals surface area contributed by atoms with E-state index in [-0.39, 0.29) is 18.8 Å². The summed E-state index contributed by atoms with van der Waals surface area (Å²) in [4.78, 5) is 26.6. The van der Waals surface area contributed by atoms with Crippen LogP contribution in [-0.2, 0) is 19.1 Å². The first-order chi connectivity index (χ1) is 11.6. The highest BCUT2D eigenvalue weighted by Crippen LogP contribution is 2.35. The van der Waals surface area contributed by atoms with Gasteiger partial charge in [0.15, 0.2) is 5.57 Å². The van der Waals surface area contributed by atoms with Crippen molar-refractivity contribution >= 4 is 23.2 Å². The number of anilines is 1. The molecular formula is C19H21NO4. The molecule has 0 bridgehead atoms. The van der Waals surface area contributed by atoms with Gasteiger partial charge in [0.1, 0.15) is 0 Å². The largest absolute Gasteiger partial charge is 0.462 e. The van der Waals surface area contributed by atoms with E-state index in [1.165, 1.54) is 0 Å². The molecule has 0 atom stereocenters. The second-order valence-electron chi connectivity index (χ2n) is 5.00. The van der Waals surface area contributed by atoms with Crippen LogP contribution in [0.5, 0.6) is 0 Å². The molecule has 1 aromatic rings. The first-order valence-corrected chi connectivity index (χ1v) is 7.87. The average Bonchev–Trinajstić information content (AvgIpc) is 2.57. The molecule has 1 aromatic carbocycles. The number of nitrogens with zero attached hydrogens (tertiary/aromatic N) is 1. The number of fused-ring (bicyclic) bond motifs is 1. The Bertz CT molecular complexity index is 683. The number of hydrogen-bond donors (Lipinski definition) is 0. The monoisotopic (exact) mass is 327 g/mol. The normalized spacial score (nSPS) is 12.4. The SMILES string of the molecule is C=CCN1C=CC(=C(C(=O)OCC)C(=O)OCC)c2ccccc21. The van der Waals surface area contributed by atoms with Gasteiger partial charge in [0.05, 0.1) is 13.2 Å². The quantitative estimate of drug-likeness (QED) is 0.264. The van der Waals surface area contributed by atoms with Gasteiger partial charge in [-0.25, -0.2) is 9.59 Å². The molecule has 1 aliphatic rings. The number of carbonyl (C=O) groups is 2. The average molecular weight is 327 g/mol. The molecule has 1 aliphatic heterocycles. The van der Waals surface area contributed by atoms with Gasteiger partial charge in [0.2, 0.25) is 0 Å².